The van der Waals surface area contributed by atoms with Gasteiger partial charge in [0, 0.05) is 0 Å². The molecule has 0 spiro atoms. The van der Waals surface area contributed by atoms with Crippen molar-refractivity contribution in [2.45, 2.75) is 39.8 Å². The first-order valence-electron chi connectivity index (χ1n) is 7.40. The second-order valence-corrected chi connectivity index (χ2v) is 12.7. The van der Waals surface area contributed by atoms with Crippen LogP contribution in [0.25, 0.3) is 0 Å². The normalized spacial score (nSPS) is 12.8. The molecule has 0 aliphatic carbocycles. The number of hydrogen-bond acceptors (Lipinski definition) is 2. The quantitative estimate of drug-likeness (QED) is 0.565. The summed E-state index contributed by atoms with van der Waals surface area (Å²) in [4.78, 5) is 0. The predicted octanol–water partition coefficient (Wildman–Crippen LogP) is 6.45. The van der Waals surface area contributed by atoms with E-state index in [1.54, 1.807) is 0 Å². The van der Waals surface area contributed by atoms with E-state index in [0.717, 1.165) is 11.5 Å². The van der Waals surface area contributed by atoms with Crippen molar-refractivity contribution in [1.82, 2.24) is 0 Å². The van der Waals surface area contributed by atoms with Gasteiger partial charge in [-0.15, -0.1) is 0 Å². The Morgan fingerprint density at radius 2 is 1.05 bits per heavy atom. The van der Waals surface area contributed by atoms with E-state index in [9.17, 15) is 0 Å². The minimum atomic E-state index is -2.65. The van der Waals surface area contributed by atoms with E-state index in [-0.39, 0.29) is 5.16 Å². The summed E-state index contributed by atoms with van der Waals surface area (Å²) in [6, 6.07) is 16.1. The fourth-order valence-electron chi connectivity index (χ4n) is 1.84. The van der Waals surface area contributed by atoms with Crippen molar-refractivity contribution >= 4 is 21.9 Å². The van der Waals surface area contributed by atoms with Crippen LogP contribution in [-0.4, -0.2) is 5.16 Å². The zero-order valence-corrected chi connectivity index (χ0v) is 16.4. The summed E-state index contributed by atoms with van der Waals surface area (Å²) in [6.45, 7) is 10.5. The Labute approximate surface area is 142 Å². The third-order valence-corrected chi connectivity index (χ3v) is 10.8. The number of benzene rings is 2. The van der Waals surface area contributed by atoms with Crippen molar-refractivity contribution in [3.63, 3.8) is 0 Å². The van der Waals surface area contributed by atoms with Gasteiger partial charge in [-0.1, -0.05) is 0 Å². The van der Waals surface area contributed by atoms with Crippen LogP contribution in [-0.2, 0) is 0 Å². The predicted molar refractivity (Wildman–Crippen MR) is 101 cm³/mol. The average Bonchev–Trinajstić information content (AvgIpc) is 2.43. The van der Waals surface area contributed by atoms with Crippen molar-refractivity contribution in [3.8, 4) is 11.5 Å². The fraction of sp³-hybridized carbons (Fsp3) is 0.333. The van der Waals surface area contributed by atoms with Crippen molar-refractivity contribution in [2.24, 2.45) is 0 Å². The van der Waals surface area contributed by atoms with Gasteiger partial charge in [-0.2, -0.15) is 0 Å². The summed E-state index contributed by atoms with van der Waals surface area (Å²) >= 11 is 3.81. The van der Waals surface area contributed by atoms with Crippen LogP contribution < -0.4 is 9.05 Å². The van der Waals surface area contributed by atoms with Crippen LogP contribution in [0.4, 0.5) is 0 Å². The maximum absolute atomic E-state index is 6.29. The molecule has 0 aromatic heterocycles. The van der Waals surface area contributed by atoms with Gasteiger partial charge in [0.15, 0.2) is 0 Å². The van der Waals surface area contributed by atoms with Crippen LogP contribution in [0.15, 0.2) is 48.5 Å². The van der Waals surface area contributed by atoms with Crippen molar-refractivity contribution in [3.05, 3.63) is 59.7 Å². The number of aryl methyl sites for hydroxylation is 2. The summed E-state index contributed by atoms with van der Waals surface area (Å²) < 4.78 is 12.6. The van der Waals surface area contributed by atoms with Gasteiger partial charge in [-0.05, 0) is 0 Å². The molecule has 0 saturated heterocycles. The molecule has 2 aromatic rings. The molecule has 0 atom stereocenters. The third-order valence-electron chi connectivity index (χ3n) is 3.44. The summed E-state index contributed by atoms with van der Waals surface area (Å²) in [7, 11) is 0. The molecule has 0 unspecified atom stereocenters. The van der Waals surface area contributed by atoms with E-state index in [0.29, 0.717) is 0 Å². The molecule has 0 bridgehead atoms. The van der Waals surface area contributed by atoms with Crippen LogP contribution in [0.5, 0.6) is 11.5 Å². The molecule has 0 radical (unpaired) electrons. The van der Waals surface area contributed by atoms with E-state index < -0.39 is 6.42 Å². The van der Waals surface area contributed by atoms with Crippen LogP contribution in [0.2, 0.25) is 0 Å². The zero-order valence-electron chi connectivity index (χ0n) is 13.8. The summed E-state index contributed by atoms with van der Waals surface area (Å²) in [5.74, 6) is 1.66. The molecule has 2 nitrogen and oxygen atoms in total. The van der Waals surface area contributed by atoms with Gasteiger partial charge < -0.3 is 0 Å². The van der Waals surface area contributed by atoms with Gasteiger partial charge in [-0.3, -0.25) is 0 Å². The second kappa shape index (κ2) is 6.60. The molecule has 0 aliphatic heterocycles. The summed E-state index contributed by atoms with van der Waals surface area (Å²) in [6.07, 6.45) is -2.65. The van der Waals surface area contributed by atoms with E-state index in [1.807, 2.05) is 48.5 Å². The summed E-state index contributed by atoms with van der Waals surface area (Å²) in [5, 5.41) is -0.136. The molecule has 0 heterocycles. The van der Waals surface area contributed by atoms with Crippen molar-refractivity contribution in [2.75, 3.05) is 0 Å². The molecule has 120 valence electrons. The summed E-state index contributed by atoms with van der Waals surface area (Å²) in [5.41, 5.74) is 2.42. The minimum absolute atomic E-state index is 0.136. The van der Waals surface area contributed by atoms with Crippen molar-refractivity contribution < 1.29 is 9.05 Å². The second-order valence-electron chi connectivity index (χ2n) is 6.62. The number of halogens is 1. The molecular formula is C18H24BrO2P. The molecule has 0 saturated carbocycles. The van der Waals surface area contributed by atoms with Crippen LogP contribution in [0.1, 0.15) is 31.9 Å². The Kier molecular flexibility index (Phi) is 5.19. The Bertz CT molecular complexity index is 568. The third kappa shape index (κ3) is 4.24. The Morgan fingerprint density at radius 3 is 1.32 bits per heavy atom. The SMILES string of the molecule is Cc1ccc(O[PH](Br)(Oc2ccc(C)cc2)C(C)(C)C)cc1. The van der Waals surface area contributed by atoms with Crippen LogP contribution in [0, 0.1) is 13.8 Å². The molecule has 22 heavy (non-hydrogen) atoms. The van der Waals surface area contributed by atoms with Gasteiger partial charge in [0.25, 0.3) is 0 Å². The Hall–Kier alpha value is -1.05. The first-order chi connectivity index (χ1) is 10.2. The average molecular weight is 383 g/mol. The molecule has 0 fully saturated rings. The monoisotopic (exact) mass is 382 g/mol. The standard InChI is InChI=1S/C18H24BrO2P/c1-14-6-10-16(11-7-14)20-22(19,18(3,4)5)21-17-12-8-15(2)9-13-17/h6-13,22H,1-5H3. The van der Waals surface area contributed by atoms with E-state index >= 15 is 0 Å². The topological polar surface area (TPSA) is 18.5 Å². The van der Waals surface area contributed by atoms with Crippen LogP contribution >= 0.6 is 21.9 Å². The van der Waals surface area contributed by atoms with Gasteiger partial charge in [0.05, 0.1) is 0 Å². The van der Waals surface area contributed by atoms with E-state index in [1.165, 1.54) is 11.1 Å². The number of hydrogen-bond donors (Lipinski definition) is 0. The fourth-order valence-corrected chi connectivity index (χ4v) is 4.50. The maximum atomic E-state index is 6.29. The first-order valence-corrected chi connectivity index (χ1v) is 11.5. The zero-order chi connectivity index (χ0) is 16.4. The van der Waals surface area contributed by atoms with Gasteiger partial charge >= 0.3 is 142 Å². The molecule has 2 aromatic carbocycles. The Balaban J connectivity index is 2.27. The molecule has 0 amide bonds. The van der Waals surface area contributed by atoms with Gasteiger partial charge in [0.2, 0.25) is 0 Å². The molecular weight excluding hydrogens is 359 g/mol. The molecule has 0 N–H and O–H groups in total. The van der Waals surface area contributed by atoms with Gasteiger partial charge in [0.1, 0.15) is 0 Å². The van der Waals surface area contributed by atoms with E-state index in [2.05, 4.69) is 50.1 Å². The molecule has 4 heteroatoms. The molecule has 2 rings (SSSR count). The Morgan fingerprint density at radius 1 is 0.727 bits per heavy atom. The molecule has 0 aliphatic rings. The van der Waals surface area contributed by atoms with E-state index in [4.69, 9.17) is 9.05 Å². The van der Waals surface area contributed by atoms with Crippen LogP contribution in [0.3, 0.4) is 0 Å². The van der Waals surface area contributed by atoms with Crippen molar-refractivity contribution in [1.29, 1.82) is 0 Å². The number of rotatable bonds is 4. The van der Waals surface area contributed by atoms with Gasteiger partial charge in [-0.25, -0.2) is 0 Å². The first kappa shape index (κ1) is 17.3.